The maximum absolute atomic E-state index is 13.0. The molecule has 0 radical (unpaired) electrons. The summed E-state index contributed by atoms with van der Waals surface area (Å²) in [5, 5.41) is 17.4. The number of hydrogen-bond donors (Lipinski definition) is 3. The first kappa shape index (κ1) is 17.4. The van der Waals surface area contributed by atoms with E-state index in [0.29, 0.717) is 29.5 Å². The van der Waals surface area contributed by atoms with Gasteiger partial charge in [0.1, 0.15) is 11.5 Å². The maximum atomic E-state index is 13.0. The molecule has 0 aromatic carbocycles. The van der Waals surface area contributed by atoms with Gasteiger partial charge in [0.2, 0.25) is 0 Å². The number of pyridine rings is 1. The smallest absolute Gasteiger partial charge is 0.270 e. The zero-order valence-corrected chi connectivity index (χ0v) is 16.0. The SMILES string of the molecule is C[C@@H]1CNCCN1c1cccc(C(=O)N[C@H]2C3CC4CC2C[C@](O)(C4)C3)n1. The molecule has 2 unspecified atom stereocenters. The van der Waals surface area contributed by atoms with E-state index in [2.05, 4.69) is 27.4 Å². The van der Waals surface area contributed by atoms with Gasteiger partial charge in [0.15, 0.2) is 0 Å². The van der Waals surface area contributed by atoms with Crippen molar-refractivity contribution in [3.8, 4) is 0 Å². The number of hydrogen-bond acceptors (Lipinski definition) is 5. The molecule has 0 spiro atoms. The summed E-state index contributed by atoms with van der Waals surface area (Å²) in [6.45, 7) is 4.97. The maximum Gasteiger partial charge on any atom is 0.270 e. The van der Waals surface area contributed by atoms with E-state index in [1.165, 1.54) is 0 Å². The molecule has 3 N–H and O–H groups in total. The van der Waals surface area contributed by atoms with Crippen LogP contribution in [0.25, 0.3) is 0 Å². The fourth-order valence-corrected chi connectivity index (χ4v) is 6.33. The number of nitrogens with one attached hydrogen (secondary N) is 2. The molecule has 6 rings (SSSR count). The van der Waals surface area contributed by atoms with Crippen molar-refractivity contribution in [1.82, 2.24) is 15.6 Å². The van der Waals surface area contributed by atoms with Crippen molar-refractivity contribution in [3.05, 3.63) is 23.9 Å². The van der Waals surface area contributed by atoms with E-state index in [4.69, 9.17) is 0 Å². The fraction of sp³-hybridized carbons (Fsp3) is 0.714. The van der Waals surface area contributed by atoms with Crippen molar-refractivity contribution in [2.45, 2.75) is 56.7 Å². The second-order valence-electron chi connectivity index (χ2n) is 9.32. The van der Waals surface area contributed by atoms with Crippen molar-refractivity contribution >= 4 is 11.7 Å². The molecule has 5 fully saturated rings. The Balaban J connectivity index is 1.31. The predicted molar refractivity (Wildman–Crippen MR) is 104 cm³/mol. The molecular formula is C21H30N4O2. The number of anilines is 1. The number of aliphatic hydroxyl groups is 1. The van der Waals surface area contributed by atoms with Crippen LogP contribution < -0.4 is 15.5 Å². The molecule has 4 aliphatic carbocycles. The van der Waals surface area contributed by atoms with Crippen LogP contribution in [-0.4, -0.2) is 53.3 Å². The summed E-state index contributed by atoms with van der Waals surface area (Å²) in [5.74, 6) is 2.31. The van der Waals surface area contributed by atoms with Crippen LogP contribution in [0, 0.1) is 17.8 Å². The Kier molecular flexibility index (Phi) is 4.17. The molecule has 1 aromatic rings. The molecule has 4 bridgehead atoms. The van der Waals surface area contributed by atoms with Gasteiger partial charge in [-0.2, -0.15) is 0 Å². The summed E-state index contributed by atoms with van der Waals surface area (Å²) < 4.78 is 0. The lowest BCUT2D eigenvalue weighted by atomic mass is 9.52. The van der Waals surface area contributed by atoms with Crippen molar-refractivity contribution < 1.29 is 9.90 Å². The molecule has 1 saturated heterocycles. The minimum Gasteiger partial charge on any atom is -0.390 e. The Morgan fingerprint density at radius 2 is 2.07 bits per heavy atom. The van der Waals surface area contributed by atoms with Crippen LogP contribution in [0.2, 0.25) is 0 Å². The predicted octanol–water partition coefficient (Wildman–Crippen LogP) is 1.55. The summed E-state index contributed by atoms with van der Waals surface area (Å²) in [6, 6.07) is 6.31. The van der Waals surface area contributed by atoms with Crippen molar-refractivity contribution in [1.29, 1.82) is 0 Å². The molecule has 3 atom stereocenters. The van der Waals surface area contributed by atoms with Crippen molar-refractivity contribution in [2.24, 2.45) is 17.8 Å². The normalized spacial score (nSPS) is 40.2. The van der Waals surface area contributed by atoms with Crippen LogP contribution >= 0.6 is 0 Å². The van der Waals surface area contributed by atoms with Gasteiger partial charge in [0.25, 0.3) is 5.91 Å². The van der Waals surface area contributed by atoms with E-state index in [1.54, 1.807) is 0 Å². The van der Waals surface area contributed by atoms with Gasteiger partial charge in [-0.1, -0.05) is 6.07 Å². The number of nitrogens with zero attached hydrogens (tertiary/aromatic N) is 2. The Morgan fingerprint density at radius 3 is 2.78 bits per heavy atom. The van der Waals surface area contributed by atoms with Gasteiger partial charge in [-0.3, -0.25) is 4.79 Å². The second kappa shape index (κ2) is 6.45. The lowest BCUT2D eigenvalue weighted by molar-refractivity contribution is -0.136. The van der Waals surface area contributed by atoms with Crippen LogP contribution in [0.15, 0.2) is 18.2 Å². The molecule has 1 amide bonds. The molecule has 5 aliphatic rings. The van der Waals surface area contributed by atoms with E-state index >= 15 is 0 Å². The van der Waals surface area contributed by atoms with E-state index < -0.39 is 5.60 Å². The van der Waals surface area contributed by atoms with Gasteiger partial charge in [-0.05, 0) is 68.9 Å². The Labute approximate surface area is 160 Å². The monoisotopic (exact) mass is 370 g/mol. The Hall–Kier alpha value is -1.66. The van der Waals surface area contributed by atoms with Gasteiger partial charge in [0.05, 0.1) is 5.60 Å². The Bertz CT molecular complexity index is 723. The number of rotatable bonds is 3. The van der Waals surface area contributed by atoms with E-state index in [1.807, 2.05) is 18.2 Å². The average Bonchev–Trinajstić information content (AvgIpc) is 2.64. The van der Waals surface area contributed by atoms with Crippen molar-refractivity contribution in [2.75, 3.05) is 24.5 Å². The number of carbonyl (C=O) groups excluding carboxylic acids is 1. The highest BCUT2D eigenvalue weighted by atomic mass is 16.3. The number of carbonyl (C=O) groups is 1. The third kappa shape index (κ3) is 3.13. The summed E-state index contributed by atoms with van der Waals surface area (Å²) >= 11 is 0. The van der Waals surface area contributed by atoms with Crippen LogP contribution in [0.5, 0.6) is 0 Å². The van der Waals surface area contributed by atoms with Gasteiger partial charge in [0, 0.05) is 31.7 Å². The van der Waals surface area contributed by atoms with E-state index in [-0.39, 0.29) is 11.9 Å². The zero-order valence-electron chi connectivity index (χ0n) is 16.0. The van der Waals surface area contributed by atoms with Crippen LogP contribution in [0.3, 0.4) is 0 Å². The summed E-state index contributed by atoms with van der Waals surface area (Å²) in [7, 11) is 0. The highest BCUT2D eigenvalue weighted by molar-refractivity contribution is 5.93. The first-order valence-corrected chi connectivity index (χ1v) is 10.5. The van der Waals surface area contributed by atoms with Gasteiger partial charge >= 0.3 is 0 Å². The third-order valence-corrected chi connectivity index (χ3v) is 7.30. The molecule has 146 valence electrons. The van der Waals surface area contributed by atoms with Gasteiger partial charge in [-0.25, -0.2) is 4.98 Å². The quantitative estimate of drug-likeness (QED) is 0.753. The molecule has 6 nitrogen and oxygen atoms in total. The zero-order chi connectivity index (χ0) is 18.6. The van der Waals surface area contributed by atoms with Gasteiger partial charge in [-0.15, -0.1) is 0 Å². The number of aromatic nitrogens is 1. The lowest BCUT2D eigenvalue weighted by Gasteiger charge is -2.58. The largest absolute Gasteiger partial charge is 0.390 e. The topological polar surface area (TPSA) is 77.5 Å². The van der Waals surface area contributed by atoms with E-state index in [0.717, 1.165) is 57.6 Å². The molecule has 1 aromatic heterocycles. The van der Waals surface area contributed by atoms with Crippen LogP contribution in [0.4, 0.5) is 5.82 Å². The average molecular weight is 370 g/mol. The molecule has 6 heteroatoms. The van der Waals surface area contributed by atoms with Gasteiger partial charge < -0.3 is 20.6 Å². The second-order valence-corrected chi connectivity index (χ2v) is 9.32. The third-order valence-electron chi connectivity index (χ3n) is 7.30. The first-order valence-electron chi connectivity index (χ1n) is 10.5. The summed E-state index contributed by atoms with van der Waals surface area (Å²) in [4.78, 5) is 19.9. The molecule has 2 heterocycles. The molecule has 1 aliphatic heterocycles. The molecular weight excluding hydrogens is 340 g/mol. The van der Waals surface area contributed by atoms with Crippen molar-refractivity contribution in [3.63, 3.8) is 0 Å². The number of piperazine rings is 1. The fourth-order valence-electron chi connectivity index (χ4n) is 6.33. The lowest BCUT2D eigenvalue weighted by Crippen LogP contribution is -2.61. The summed E-state index contributed by atoms with van der Waals surface area (Å²) in [6.07, 6.45) is 4.95. The minimum absolute atomic E-state index is 0.0656. The Morgan fingerprint density at radius 1 is 1.30 bits per heavy atom. The van der Waals surface area contributed by atoms with Crippen LogP contribution in [-0.2, 0) is 0 Å². The molecule has 27 heavy (non-hydrogen) atoms. The van der Waals surface area contributed by atoms with E-state index in [9.17, 15) is 9.90 Å². The highest BCUT2D eigenvalue weighted by Gasteiger charge is 2.55. The minimum atomic E-state index is -0.464. The standard InChI is InChI=1S/C21H30N4O2/c1-13-12-22-5-6-25(13)18-4-2-3-17(23-18)20(26)24-19-15-7-14-8-16(19)11-21(27,9-14)10-15/h2-4,13-16,19,22,27H,5-12H2,1H3,(H,24,26)/t13-,14?,15?,16?,19-,21-/m1/s1. The first-order chi connectivity index (χ1) is 13.0. The van der Waals surface area contributed by atoms with Crippen LogP contribution in [0.1, 0.15) is 49.5 Å². The highest BCUT2D eigenvalue weighted by Crippen LogP contribution is 2.55. The number of amides is 1. The molecule has 4 saturated carbocycles. The summed E-state index contributed by atoms with van der Waals surface area (Å²) in [5.41, 5.74) is 0.0414.